The molecular formula is C10H11NO4. The molecule has 0 saturated heterocycles. The Morgan fingerprint density at radius 1 is 1.07 bits per heavy atom. The third-order valence-corrected chi connectivity index (χ3v) is 1.91. The topological polar surface area (TPSA) is 101 Å². The lowest BCUT2D eigenvalue weighted by atomic mass is 10.0. The maximum Gasteiger partial charge on any atom is 0.307 e. The number of nitrogens with two attached hydrogens (primary N) is 1. The van der Waals surface area contributed by atoms with Gasteiger partial charge in [0.05, 0.1) is 12.8 Å². The van der Waals surface area contributed by atoms with Crippen LogP contribution < -0.4 is 5.73 Å². The summed E-state index contributed by atoms with van der Waals surface area (Å²) < 4.78 is 0. The Morgan fingerprint density at radius 2 is 1.60 bits per heavy atom. The van der Waals surface area contributed by atoms with Crippen LogP contribution in [0, 0.1) is 0 Å². The average Bonchev–Trinajstić information content (AvgIpc) is 2.08. The summed E-state index contributed by atoms with van der Waals surface area (Å²) in [5.74, 6) is -2.00. The van der Waals surface area contributed by atoms with E-state index in [0.717, 1.165) is 0 Å². The van der Waals surface area contributed by atoms with Crippen molar-refractivity contribution in [3.8, 4) is 0 Å². The van der Waals surface area contributed by atoms with Gasteiger partial charge in [-0.25, -0.2) is 0 Å². The molecule has 0 amide bonds. The van der Waals surface area contributed by atoms with Crippen molar-refractivity contribution >= 4 is 17.6 Å². The van der Waals surface area contributed by atoms with Crippen LogP contribution in [0.2, 0.25) is 0 Å². The first-order valence-corrected chi connectivity index (χ1v) is 4.30. The molecule has 5 nitrogen and oxygen atoms in total. The number of hydrogen-bond donors (Lipinski definition) is 3. The Bertz CT molecular complexity index is 400. The zero-order valence-electron chi connectivity index (χ0n) is 7.93. The summed E-state index contributed by atoms with van der Waals surface area (Å²) >= 11 is 0. The summed E-state index contributed by atoms with van der Waals surface area (Å²) in [4.78, 5) is 21.0. The van der Waals surface area contributed by atoms with Gasteiger partial charge in [-0.3, -0.25) is 9.59 Å². The Hall–Kier alpha value is -2.04. The van der Waals surface area contributed by atoms with Crippen molar-refractivity contribution in [2.75, 3.05) is 5.73 Å². The molecule has 0 spiro atoms. The number of carboxylic acids is 2. The molecule has 0 bridgehead atoms. The highest BCUT2D eigenvalue weighted by molar-refractivity contribution is 5.75. The molecule has 0 aromatic heterocycles. The van der Waals surface area contributed by atoms with Crippen LogP contribution in [-0.2, 0) is 22.4 Å². The predicted molar refractivity (Wildman–Crippen MR) is 53.5 cm³/mol. The molecule has 0 aliphatic heterocycles. The van der Waals surface area contributed by atoms with E-state index >= 15 is 0 Å². The quantitative estimate of drug-likeness (QED) is 0.628. The molecule has 1 aromatic rings. The van der Waals surface area contributed by atoms with Crippen molar-refractivity contribution < 1.29 is 19.8 Å². The van der Waals surface area contributed by atoms with Gasteiger partial charge in [0, 0.05) is 5.69 Å². The lowest BCUT2D eigenvalue weighted by Gasteiger charge is -2.06. The van der Waals surface area contributed by atoms with Crippen LogP contribution in [0.4, 0.5) is 5.69 Å². The average molecular weight is 209 g/mol. The molecule has 0 atom stereocenters. The monoisotopic (exact) mass is 209 g/mol. The van der Waals surface area contributed by atoms with Gasteiger partial charge in [0.1, 0.15) is 0 Å². The molecule has 0 saturated carbocycles. The van der Waals surface area contributed by atoms with Crippen molar-refractivity contribution in [2.45, 2.75) is 12.8 Å². The third kappa shape index (κ3) is 3.30. The number of carboxylic acid groups (broad SMARTS) is 2. The summed E-state index contributed by atoms with van der Waals surface area (Å²) in [6.07, 6.45) is -0.406. The van der Waals surface area contributed by atoms with Gasteiger partial charge in [-0.1, -0.05) is 6.07 Å². The van der Waals surface area contributed by atoms with Gasteiger partial charge >= 0.3 is 11.9 Å². The molecule has 4 N–H and O–H groups in total. The highest BCUT2D eigenvalue weighted by Gasteiger charge is 2.10. The van der Waals surface area contributed by atoms with E-state index < -0.39 is 11.9 Å². The van der Waals surface area contributed by atoms with Crippen LogP contribution in [0.1, 0.15) is 11.1 Å². The zero-order chi connectivity index (χ0) is 11.4. The largest absolute Gasteiger partial charge is 0.481 e. The van der Waals surface area contributed by atoms with Crippen LogP contribution in [0.25, 0.3) is 0 Å². The molecular weight excluding hydrogens is 198 g/mol. The first-order valence-electron chi connectivity index (χ1n) is 4.30. The normalized spacial score (nSPS) is 9.87. The van der Waals surface area contributed by atoms with Crippen molar-refractivity contribution in [1.29, 1.82) is 0 Å². The zero-order valence-corrected chi connectivity index (χ0v) is 7.93. The Kier molecular flexibility index (Phi) is 3.28. The van der Waals surface area contributed by atoms with Gasteiger partial charge < -0.3 is 15.9 Å². The van der Waals surface area contributed by atoms with E-state index in [4.69, 9.17) is 15.9 Å². The molecule has 0 aliphatic carbocycles. The Labute approximate surface area is 86.1 Å². The molecule has 80 valence electrons. The SMILES string of the molecule is Nc1ccc(CC(=O)O)c(CC(=O)O)c1. The minimum absolute atomic E-state index is 0.192. The van der Waals surface area contributed by atoms with Gasteiger partial charge in [-0.2, -0.15) is 0 Å². The van der Waals surface area contributed by atoms with Crippen molar-refractivity contribution in [2.24, 2.45) is 0 Å². The fourth-order valence-corrected chi connectivity index (χ4v) is 1.31. The summed E-state index contributed by atoms with van der Waals surface area (Å²) in [6, 6.07) is 4.59. The maximum absolute atomic E-state index is 10.5. The summed E-state index contributed by atoms with van der Waals surface area (Å²) in [5.41, 5.74) is 6.86. The van der Waals surface area contributed by atoms with E-state index in [1.165, 1.54) is 6.07 Å². The first kappa shape index (κ1) is 11.0. The molecule has 1 aromatic carbocycles. The van der Waals surface area contributed by atoms with E-state index in [0.29, 0.717) is 16.8 Å². The molecule has 15 heavy (non-hydrogen) atoms. The van der Waals surface area contributed by atoms with Crippen molar-refractivity contribution in [1.82, 2.24) is 0 Å². The lowest BCUT2D eigenvalue weighted by molar-refractivity contribution is -0.137. The molecule has 0 aliphatic rings. The molecule has 0 unspecified atom stereocenters. The van der Waals surface area contributed by atoms with E-state index in [1.54, 1.807) is 12.1 Å². The van der Waals surface area contributed by atoms with Crippen LogP contribution in [0.3, 0.4) is 0 Å². The predicted octanol–water partition coefficient (Wildman–Crippen LogP) is 0.523. The van der Waals surface area contributed by atoms with E-state index in [2.05, 4.69) is 0 Å². The number of hydrogen-bond acceptors (Lipinski definition) is 3. The Morgan fingerprint density at radius 3 is 2.13 bits per heavy atom. The summed E-state index contributed by atoms with van der Waals surface area (Å²) in [7, 11) is 0. The summed E-state index contributed by atoms with van der Waals surface area (Å²) in [5, 5.41) is 17.2. The van der Waals surface area contributed by atoms with E-state index in [1.807, 2.05) is 0 Å². The van der Waals surface area contributed by atoms with Crippen LogP contribution in [0.5, 0.6) is 0 Å². The molecule has 1 rings (SSSR count). The number of carbonyl (C=O) groups is 2. The van der Waals surface area contributed by atoms with Gasteiger partial charge in [0.25, 0.3) is 0 Å². The number of rotatable bonds is 4. The van der Waals surface area contributed by atoms with Crippen LogP contribution in [-0.4, -0.2) is 22.2 Å². The highest BCUT2D eigenvalue weighted by atomic mass is 16.4. The first-order chi connectivity index (χ1) is 6.99. The lowest BCUT2D eigenvalue weighted by Crippen LogP contribution is -2.08. The minimum Gasteiger partial charge on any atom is -0.481 e. The molecule has 5 heteroatoms. The van der Waals surface area contributed by atoms with Gasteiger partial charge in [-0.05, 0) is 23.3 Å². The van der Waals surface area contributed by atoms with Crippen LogP contribution in [0.15, 0.2) is 18.2 Å². The second-order valence-corrected chi connectivity index (χ2v) is 3.17. The standard InChI is InChI=1S/C10H11NO4/c11-8-2-1-6(4-9(12)13)7(3-8)5-10(14)15/h1-3H,4-5,11H2,(H,12,13)(H,14,15). The fourth-order valence-electron chi connectivity index (χ4n) is 1.31. The number of benzene rings is 1. The highest BCUT2D eigenvalue weighted by Crippen LogP contribution is 2.15. The number of anilines is 1. The number of nitrogen functional groups attached to an aromatic ring is 1. The second kappa shape index (κ2) is 4.45. The van der Waals surface area contributed by atoms with Gasteiger partial charge in [-0.15, -0.1) is 0 Å². The molecule has 0 radical (unpaired) electrons. The Balaban J connectivity index is 3.02. The van der Waals surface area contributed by atoms with E-state index in [-0.39, 0.29) is 12.8 Å². The molecule has 0 heterocycles. The second-order valence-electron chi connectivity index (χ2n) is 3.17. The summed E-state index contributed by atoms with van der Waals surface area (Å²) in [6.45, 7) is 0. The number of aliphatic carboxylic acids is 2. The minimum atomic E-state index is -1.01. The maximum atomic E-state index is 10.5. The van der Waals surface area contributed by atoms with Gasteiger partial charge in [0.15, 0.2) is 0 Å². The van der Waals surface area contributed by atoms with Crippen molar-refractivity contribution in [3.05, 3.63) is 29.3 Å². The van der Waals surface area contributed by atoms with E-state index in [9.17, 15) is 9.59 Å². The third-order valence-electron chi connectivity index (χ3n) is 1.91. The van der Waals surface area contributed by atoms with Crippen molar-refractivity contribution in [3.63, 3.8) is 0 Å². The smallest absolute Gasteiger partial charge is 0.307 e. The fraction of sp³-hybridized carbons (Fsp3) is 0.200. The molecule has 0 fully saturated rings. The van der Waals surface area contributed by atoms with Crippen LogP contribution >= 0.6 is 0 Å². The van der Waals surface area contributed by atoms with Gasteiger partial charge in [0.2, 0.25) is 0 Å².